The molecule has 0 aromatic heterocycles. The maximum Gasteiger partial charge on any atom is 0.338 e. The van der Waals surface area contributed by atoms with Crippen molar-refractivity contribution in [1.29, 1.82) is 0 Å². The fourth-order valence-electron chi connectivity index (χ4n) is 5.18. The van der Waals surface area contributed by atoms with Crippen LogP contribution in [0, 0.1) is 40.7 Å². The number of nitro groups is 1. The Kier molecular flexibility index (Phi) is 5.11. The predicted octanol–water partition coefficient (Wildman–Crippen LogP) is 3.25. The van der Waals surface area contributed by atoms with Crippen LogP contribution in [-0.4, -0.2) is 35.1 Å². The average Bonchev–Trinajstić information content (AvgIpc) is 3.51. The Labute approximate surface area is 194 Å². The van der Waals surface area contributed by atoms with Gasteiger partial charge in [-0.1, -0.05) is 24.3 Å². The molecular formula is C25H20N2O7. The fourth-order valence-corrected chi connectivity index (χ4v) is 5.18. The van der Waals surface area contributed by atoms with Crippen LogP contribution in [0.3, 0.4) is 0 Å². The van der Waals surface area contributed by atoms with E-state index in [2.05, 4.69) is 0 Å². The molecular weight excluding hydrogens is 440 g/mol. The number of benzene rings is 2. The molecule has 4 unspecified atom stereocenters. The minimum Gasteiger partial charge on any atom is -0.454 e. The maximum atomic E-state index is 12.9. The van der Waals surface area contributed by atoms with Gasteiger partial charge in [-0.15, -0.1) is 0 Å². The van der Waals surface area contributed by atoms with Crippen molar-refractivity contribution in [3.05, 3.63) is 81.4 Å². The lowest BCUT2D eigenvalue weighted by atomic mass is 9.85. The first kappa shape index (κ1) is 21.7. The normalized spacial score (nSPS) is 24.4. The third-order valence-electron chi connectivity index (χ3n) is 6.89. The molecule has 2 aromatic rings. The summed E-state index contributed by atoms with van der Waals surface area (Å²) in [4.78, 5) is 62.2. The van der Waals surface area contributed by atoms with Crippen molar-refractivity contribution in [2.45, 2.75) is 13.3 Å². The van der Waals surface area contributed by atoms with Gasteiger partial charge in [0.2, 0.25) is 17.6 Å². The molecule has 1 heterocycles. The molecule has 2 aromatic carbocycles. The van der Waals surface area contributed by atoms with E-state index in [9.17, 15) is 29.3 Å². The van der Waals surface area contributed by atoms with Crippen LogP contribution >= 0.6 is 0 Å². The van der Waals surface area contributed by atoms with E-state index >= 15 is 0 Å². The summed E-state index contributed by atoms with van der Waals surface area (Å²) in [6, 6.07) is 9.93. The molecule has 0 N–H and O–H groups in total. The molecule has 9 heteroatoms. The number of hydrogen-bond donors (Lipinski definition) is 0. The number of Topliss-reactive ketones (excluding diaryl/α,β-unsaturated/α-hetero) is 1. The second kappa shape index (κ2) is 8.02. The molecule has 2 aliphatic carbocycles. The number of nitrogens with zero attached hydrogens (tertiary/aromatic N) is 2. The standard InChI is InChI=1S/C25H20N2O7/c1-13-2-3-15(11-19(13)27(32)33)20(28)12-34-25(31)14-6-8-18(9-7-14)26-23(29)21-16-4-5-17(10-16)22(21)24(26)30/h2-9,11,16-17,21-22H,10,12H2,1H3. The van der Waals surface area contributed by atoms with Gasteiger partial charge < -0.3 is 4.74 Å². The summed E-state index contributed by atoms with van der Waals surface area (Å²) in [6.07, 6.45) is 4.89. The highest BCUT2D eigenvalue weighted by molar-refractivity contribution is 6.22. The summed E-state index contributed by atoms with van der Waals surface area (Å²) in [5, 5.41) is 11.1. The number of amides is 2. The number of carbonyl (C=O) groups excluding carboxylic acids is 4. The Hall–Kier alpha value is -4.14. The van der Waals surface area contributed by atoms with E-state index in [0.717, 1.165) is 12.5 Å². The number of hydrogen-bond acceptors (Lipinski definition) is 7. The summed E-state index contributed by atoms with van der Waals surface area (Å²) in [7, 11) is 0. The minimum absolute atomic E-state index is 0.0699. The van der Waals surface area contributed by atoms with Crippen molar-refractivity contribution in [3.8, 4) is 0 Å². The molecule has 2 bridgehead atoms. The van der Waals surface area contributed by atoms with Gasteiger partial charge in [0.1, 0.15) is 0 Å². The third-order valence-corrected chi connectivity index (χ3v) is 6.89. The van der Waals surface area contributed by atoms with E-state index in [1.807, 2.05) is 12.2 Å². The largest absolute Gasteiger partial charge is 0.454 e. The number of esters is 1. The van der Waals surface area contributed by atoms with Gasteiger partial charge in [0.05, 0.1) is 28.0 Å². The van der Waals surface area contributed by atoms with Crippen LogP contribution in [0.15, 0.2) is 54.6 Å². The Morgan fingerprint density at radius 3 is 2.18 bits per heavy atom. The summed E-state index contributed by atoms with van der Waals surface area (Å²) in [6.45, 7) is 0.982. The lowest BCUT2D eigenvalue weighted by molar-refractivity contribution is -0.385. The van der Waals surface area contributed by atoms with Crippen molar-refractivity contribution in [2.24, 2.45) is 23.7 Å². The highest BCUT2D eigenvalue weighted by Gasteiger charge is 2.59. The first-order chi connectivity index (χ1) is 16.3. The number of carbonyl (C=O) groups is 4. The zero-order chi connectivity index (χ0) is 24.1. The molecule has 1 aliphatic heterocycles. The number of ketones is 1. The summed E-state index contributed by atoms with van der Waals surface area (Å²) in [5.41, 5.74) is 0.837. The van der Waals surface area contributed by atoms with Gasteiger partial charge in [-0.05, 0) is 49.4 Å². The molecule has 34 heavy (non-hydrogen) atoms. The third kappa shape index (κ3) is 3.40. The van der Waals surface area contributed by atoms with Gasteiger partial charge in [0, 0.05) is 17.2 Å². The van der Waals surface area contributed by atoms with Gasteiger partial charge in [-0.2, -0.15) is 0 Å². The maximum absolute atomic E-state index is 12.9. The van der Waals surface area contributed by atoms with Crippen molar-refractivity contribution in [1.82, 2.24) is 0 Å². The monoisotopic (exact) mass is 460 g/mol. The van der Waals surface area contributed by atoms with Gasteiger partial charge in [0.15, 0.2) is 6.61 Å². The van der Waals surface area contributed by atoms with Crippen molar-refractivity contribution >= 4 is 34.9 Å². The molecule has 5 rings (SSSR count). The molecule has 0 spiro atoms. The number of rotatable bonds is 6. The molecule has 1 saturated heterocycles. The first-order valence-electron chi connectivity index (χ1n) is 10.9. The molecule has 172 valence electrons. The summed E-state index contributed by atoms with van der Waals surface area (Å²) in [5.74, 6) is -2.15. The lowest BCUT2D eigenvalue weighted by Gasteiger charge is -2.17. The van der Waals surface area contributed by atoms with Gasteiger partial charge in [-0.25, -0.2) is 4.79 Å². The SMILES string of the molecule is Cc1ccc(C(=O)COC(=O)c2ccc(N3C(=O)C4C5C=CC(C5)C4C3=O)cc2)cc1[N+](=O)[O-]. The molecule has 3 aliphatic rings. The summed E-state index contributed by atoms with van der Waals surface area (Å²) >= 11 is 0. The Bertz CT molecular complexity index is 1250. The highest BCUT2D eigenvalue weighted by atomic mass is 16.6. The number of aryl methyl sites for hydroxylation is 1. The van der Waals surface area contributed by atoms with E-state index in [-0.39, 0.29) is 52.3 Å². The zero-order valence-corrected chi connectivity index (χ0v) is 18.2. The van der Waals surface area contributed by atoms with E-state index in [1.165, 1.54) is 41.3 Å². The predicted molar refractivity (Wildman–Crippen MR) is 119 cm³/mol. The van der Waals surface area contributed by atoms with Crippen LogP contribution in [0.4, 0.5) is 11.4 Å². The lowest BCUT2D eigenvalue weighted by Crippen LogP contribution is -2.32. The number of imide groups is 1. The van der Waals surface area contributed by atoms with Crippen LogP contribution in [0.2, 0.25) is 0 Å². The number of ether oxygens (including phenoxy) is 1. The van der Waals surface area contributed by atoms with Crippen LogP contribution in [0.5, 0.6) is 0 Å². The van der Waals surface area contributed by atoms with Crippen LogP contribution in [0.25, 0.3) is 0 Å². The Morgan fingerprint density at radius 1 is 1.00 bits per heavy atom. The molecule has 0 radical (unpaired) electrons. The zero-order valence-electron chi connectivity index (χ0n) is 18.2. The average molecular weight is 460 g/mol. The second-order valence-corrected chi connectivity index (χ2v) is 8.82. The smallest absolute Gasteiger partial charge is 0.338 e. The second-order valence-electron chi connectivity index (χ2n) is 8.82. The minimum atomic E-state index is -0.764. The molecule has 2 amide bonds. The highest BCUT2D eigenvalue weighted by Crippen LogP contribution is 2.53. The number of nitro benzene ring substituents is 1. The van der Waals surface area contributed by atoms with Gasteiger partial charge in [-0.3, -0.25) is 29.4 Å². The first-order valence-corrected chi connectivity index (χ1v) is 10.9. The van der Waals surface area contributed by atoms with Gasteiger partial charge >= 0.3 is 5.97 Å². The van der Waals surface area contributed by atoms with E-state index in [0.29, 0.717) is 11.3 Å². The van der Waals surface area contributed by atoms with Crippen LogP contribution in [-0.2, 0) is 14.3 Å². The molecule has 2 fully saturated rings. The van der Waals surface area contributed by atoms with Crippen LogP contribution in [0.1, 0.15) is 32.7 Å². The number of fused-ring (bicyclic) bond motifs is 5. The van der Waals surface area contributed by atoms with E-state index < -0.39 is 23.3 Å². The number of anilines is 1. The number of allylic oxidation sites excluding steroid dienone is 2. The van der Waals surface area contributed by atoms with E-state index in [4.69, 9.17) is 4.74 Å². The molecule has 9 nitrogen and oxygen atoms in total. The van der Waals surface area contributed by atoms with E-state index in [1.54, 1.807) is 6.92 Å². The summed E-state index contributed by atoms with van der Waals surface area (Å²) < 4.78 is 5.07. The fraction of sp³-hybridized carbons (Fsp3) is 0.280. The van der Waals surface area contributed by atoms with Gasteiger partial charge in [0.25, 0.3) is 5.69 Å². The van der Waals surface area contributed by atoms with Crippen molar-refractivity contribution in [2.75, 3.05) is 11.5 Å². The van der Waals surface area contributed by atoms with Crippen molar-refractivity contribution in [3.63, 3.8) is 0 Å². The quantitative estimate of drug-likeness (QED) is 0.162. The Morgan fingerprint density at radius 2 is 1.59 bits per heavy atom. The topological polar surface area (TPSA) is 124 Å². The van der Waals surface area contributed by atoms with Crippen LogP contribution < -0.4 is 4.90 Å². The molecule has 4 atom stereocenters. The Balaban J connectivity index is 1.24. The molecule has 1 saturated carbocycles. The van der Waals surface area contributed by atoms with Crippen molar-refractivity contribution < 1.29 is 28.8 Å².